The monoisotopic (exact) mass is 226 g/mol. The third-order valence-corrected chi connectivity index (χ3v) is 4.23. The van der Waals surface area contributed by atoms with Crippen molar-refractivity contribution in [3.05, 3.63) is 0 Å². The number of ether oxygens (including phenoxy) is 1. The van der Waals surface area contributed by atoms with E-state index in [1.807, 2.05) is 0 Å². The minimum Gasteiger partial charge on any atom is -0.376 e. The average Bonchev–Trinajstić information content (AvgIpc) is 2.32. The Balaban J connectivity index is 1.94. The lowest BCUT2D eigenvalue weighted by atomic mass is 9.82. The standard InChI is InChI=1S/C13H26N2O/c1-3-11-9-15(6-7-16-11)13-8-10(2)4-5-12(13)14/h10-13H,3-9,14H2,1-2H3. The Morgan fingerprint density at radius 3 is 2.94 bits per heavy atom. The summed E-state index contributed by atoms with van der Waals surface area (Å²) in [6, 6.07) is 0.980. The Morgan fingerprint density at radius 1 is 1.38 bits per heavy atom. The SMILES string of the molecule is CCC1CN(C2CC(C)CCC2N)CCO1. The van der Waals surface area contributed by atoms with E-state index in [1.165, 1.54) is 19.3 Å². The normalized spacial score (nSPS) is 42.2. The van der Waals surface area contributed by atoms with Crippen molar-refractivity contribution in [2.24, 2.45) is 11.7 Å². The van der Waals surface area contributed by atoms with Crippen molar-refractivity contribution in [1.29, 1.82) is 0 Å². The molecule has 2 N–H and O–H groups in total. The number of nitrogens with two attached hydrogens (primary N) is 1. The van der Waals surface area contributed by atoms with Gasteiger partial charge < -0.3 is 10.5 Å². The maximum Gasteiger partial charge on any atom is 0.0700 e. The molecule has 3 nitrogen and oxygen atoms in total. The smallest absolute Gasteiger partial charge is 0.0700 e. The van der Waals surface area contributed by atoms with E-state index in [0.29, 0.717) is 18.2 Å². The molecule has 0 amide bonds. The topological polar surface area (TPSA) is 38.5 Å². The molecule has 1 saturated heterocycles. The van der Waals surface area contributed by atoms with E-state index in [1.54, 1.807) is 0 Å². The van der Waals surface area contributed by atoms with E-state index in [-0.39, 0.29) is 0 Å². The van der Waals surface area contributed by atoms with E-state index in [4.69, 9.17) is 10.5 Å². The molecule has 1 aliphatic carbocycles. The summed E-state index contributed by atoms with van der Waals surface area (Å²) in [6.45, 7) is 7.60. The third kappa shape index (κ3) is 2.76. The van der Waals surface area contributed by atoms with Crippen molar-refractivity contribution in [2.45, 2.75) is 57.7 Å². The van der Waals surface area contributed by atoms with Crippen molar-refractivity contribution < 1.29 is 4.74 Å². The lowest BCUT2D eigenvalue weighted by Crippen LogP contribution is -2.56. The van der Waals surface area contributed by atoms with Crippen molar-refractivity contribution in [3.8, 4) is 0 Å². The molecule has 2 rings (SSSR count). The molecule has 0 aromatic rings. The summed E-state index contributed by atoms with van der Waals surface area (Å²) >= 11 is 0. The average molecular weight is 226 g/mol. The summed E-state index contributed by atoms with van der Waals surface area (Å²) in [4.78, 5) is 2.58. The Kier molecular flexibility index (Phi) is 4.22. The highest BCUT2D eigenvalue weighted by atomic mass is 16.5. The molecule has 3 heteroatoms. The Labute approximate surface area is 99.3 Å². The van der Waals surface area contributed by atoms with Crippen LogP contribution in [-0.2, 0) is 4.74 Å². The van der Waals surface area contributed by atoms with Crippen LogP contribution in [0.1, 0.15) is 39.5 Å². The predicted octanol–water partition coefficient (Wildman–Crippen LogP) is 1.61. The quantitative estimate of drug-likeness (QED) is 0.777. The van der Waals surface area contributed by atoms with Gasteiger partial charge in [0.25, 0.3) is 0 Å². The van der Waals surface area contributed by atoms with Gasteiger partial charge in [0.05, 0.1) is 12.7 Å². The zero-order valence-electron chi connectivity index (χ0n) is 10.7. The number of hydrogen-bond donors (Lipinski definition) is 1. The van der Waals surface area contributed by atoms with E-state index in [9.17, 15) is 0 Å². The zero-order chi connectivity index (χ0) is 11.5. The minimum absolute atomic E-state index is 0.381. The minimum atomic E-state index is 0.381. The molecular weight excluding hydrogens is 200 g/mol. The van der Waals surface area contributed by atoms with E-state index in [0.717, 1.165) is 32.0 Å². The first-order valence-electron chi connectivity index (χ1n) is 6.82. The Morgan fingerprint density at radius 2 is 2.19 bits per heavy atom. The summed E-state index contributed by atoms with van der Waals surface area (Å²) in [5.41, 5.74) is 6.28. The van der Waals surface area contributed by atoms with Crippen LogP contribution in [-0.4, -0.2) is 42.8 Å². The fourth-order valence-corrected chi connectivity index (χ4v) is 3.08. The number of morpholine rings is 1. The summed E-state index contributed by atoms with van der Waals surface area (Å²) in [5.74, 6) is 0.840. The lowest BCUT2D eigenvalue weighted by Gasteiger charge is -2.44. The molecule has 94 valence electrons. The highest BCUT2D eigenvalue weighted by Crippen LogP contribution is 2.28. The molecule has 2 aliphatic rings. The van der Waals surface area contributed by atoms with Crippen LogP contribution in [0.3, 0.4) is 0 Å². The van der Waals surface area contributed by atoms with Gasteiger partial charge in [0.1, 0.15) is 0 Å². The van der Waals surface area contributed by atoms with Crippen LogP contribution >= 0.6 is 0 Å². The van der Waals surface area contributed by atoms with Gasteiger partial charge in [-0.05, 0) is 31.6 Å². The van der Waals surface area contributed by atoms with Gasteiger partial charge in [-0.3, -0.25) is 4.90 Å². The van der Waals surface area contributed by atoms with Crippen LogP contribution in [0.15, 0.2) is 0 Å². The molecule has 0 aromatic heterocycles. The van der Waals surface area contributed by atoms with Gasteiger partial charge in [-0.1, -0.05) is 13.8 Å². The summed E-state index contributed by atoms with van der Waals surface area (Å²) in [7, 11) is 0. The van der Waals surface area contributed by atoms with Gasteiger partial charge in [-0.2, -0.15) is 0 Å². The summed E-state index contributed by atoms with van der Waals surface area (Å²) in [6.07, 6.45) is 5.32. The number of hydrogen-bond acceptors (Lipinski definition) is 3. The molecule has 16 heavy (non-hydrogen) atoms. The summed E-state index contributed by atoms with van der Waals surface area (Å²) in [5, 5.41) is 0. The molecule has 4 atom stereocenters. The molecule has 1 aliphatic heterocycles. The van der Waals surface area contributed by atoms with Crippen LogP contribution in [0.2, 0.25) is 0 Å². The second-order valence-electron chi connectivity index (χ2n) is 5.55. The summed E-state index contributed by atoms with van der Waals surface area (Å²) < 4.78 is 5.73. The zero-order valence-corrected chi connectivity index (χ0v) is 10.7. The highest BCUT2D eigenvalue weighted by molar-refractivity contribution is 4.90. The fraction of sp³-hybridized carbons (Fsp3) is 1.00. The van der Waals surface area contributed by atoms with Crippen molar-refractivity contribution in [3.63, 3.8) is 0 Å². The number of nitrogens with zero attached hydrogens (tertiary/aromatic N) is 1. The van der Waals surface area contributed by atoms with Gasteiger partial charge in [0.15, 0.2) is 0 Å². The highest BCUT2D eigenvalue weighted by Gasteiger charge is 2.33. The molecule has 0 spiro atoms. The predicted molar refractivity (Wildman–Crippen MR) is 66.4 cm³/mol. The molecule has 4 unspecified atom stereocenters. The molecular formula is C13H26N2O. The number of rotatable bonds is 2. The first-order valence-corrected chi connectivity index (χ1v) is 6.82. The maximum absolute atomic E-state index is 6.28. The van der Waals surface area contributed by atoms with Crippen LogP contribution in [0.25, 0.3) is 0 Å². The Bertz CT molecular complexity index is 222. The molecule has 0 aromatic carbocycles. The van der Waals surface area contributed by atoms with Crippen molar-refractivity contribution in [1.82, 2.24) is 4.90 Å². The van der Waals surface area contributed by atoms with Crippen LogP contribution in [0, 0.1) is 5.92 Å². The first kappa shape index (κ1) is 12.3. The van der Waals surface area contributed by atoms with Crippen LogP contribution in [0.4, 0.5) is 0 Å². The Hall–Kier alpha value is -0.120. The first-order chi connectivity index (χ1) is 7.70. The lowest BCUT2D eigenvalue weighted by molar-refractivity contribution is -0.0549. The van der Waals surface area contributed by atoms with Gasteiger partial charge in [0.2, 0.25) is 0 Å². The maximum atomic E-state index is 6.28. The van der Waals surface area contributed by atoms with Crippen LogP contribution < -0.4 is 5.73 Å². The fourth-order valence-electron chi connectivity index (χ4n) is 3.08. The van der Waals surface area contributed by atoms with Gasteiger partial charge in [-0.25, -0.2) is 0 Å². The molecule has 0 bridgehead atoms. The van der Waals surface area contributed by atoms with Crippen LogP contribution in [0.5, 0.6) is 0 Å². The molecule has 1 saturated carbocycles. The van der Waals surface area contributed by atoms with E-state index < -0.39 is 0 Å². The van der Waals surface area contributed by atoms with E-state index in [2.05, 4.69) is 18.7 Å². The largest absolute Gasteiger partial charge is 0.376 e. The molecule has 2 fully saturated rings. The van der Waals surface area contributed by atoms with Crippen molar-refractivity contribution in [2.75, 3.05) is 19.7 Å². The second-order valence-corrected chi connectivity index (χ2v) is 5.55. The van der Waals surface area contributed by atoms with Gasteiger partial charge in [-0.15, -0.1) is 0 Å². The molecule has 1 heterocycles. The molecule has 0 radical (unpaired) electrons. The third-order valence-electron chi connectivity index (χ3n) is 4.23. The second kappa shape index (κ2) is 5.48. The van der Waals surface area contributed by atoms with Gasteiger partial charge in [0, 0.05) is 25.2 Å². The van der Waals surface area contributed by atoms with E-state index >= 15 is 0 Å². The van der Waals surface area contributed by atoms with Gasteiger partial charge >= 0.3 is 0 Å². The van der Waals surface area contributed by atoms with Crippen molar-refractivity contribution >= 4 is 0 Å².